The lowest BCUT2D eigenvalue weighted by atomic mass is 9.97. The molecule has 1 aromatic carbocycles. The van der Waals surface area contributed by atoms with E-state index in [-0.39, 0.29) is 6.04 Å². The summed E-state index contributed by atoms with van der Waals surface area (Å²) in [6.07, 6.45) is -1.32. The molecule has 2 unspecified atom stereocenters. The smallest absolute Gasteiger partial charge is 0.382 e. The van der Waals surface area contributed by atoms with Crippen LogP contribution in [0, 0.1) is 5.92 Å². The van der Waals surface area contributed by atoms with Crippen molar-refractivity contribution in [3.8, 4) is 0 Å². The van der Waals surface area contributed by atoms with Gasteiger partial charge in [0.25, 0.3) is 0 Å². The fourth-order valence-electron chi connectivity index (χ4n) is 2.00. The number of rotatable bonds is 6. The van der Waals surface area contributed by atoms with Gasteiger partial charge in [-0.15, -0.1) is 0 Å². The first-order chi connectivity index (χ1) is 8.86. The van der Waals surface area contributed by atoms with E-state index in [1.54, 1.807) is 6.07 Å². The number of alkyl halides is 3. The fourth-order valence-corrected chi connectivity index (χ4v) is 2.00. The predicted octanol–water partition coefficient (Wildman–Crippen LogP) is 5.33. The Morgan fingerprint density at radius 1 is 1.16 bits per heavy atom. The van der Waals surface area contributed by atoms with Crippen LogP contribution in [0.5, 0.6) is 0 Å². The van der Waals surface area contributed by atoms with Crippen LogP contribution in [0.25, 0.3) is 0 Å². The van der Waals surface area contributed by atoms with E-state index in [2.05, 4.69) is 19.2 Å². The minimum absolute atomic E-state index is 0.221. The van der Waals surface area contributed by atoms with E-state index in [1.165, 1.54) is 12.1 Å². The third-order valence-corrected chi connectivity index (χ3v) is 3.44. The van der Waals surface area contributed by atoms with E-state index in [0.29, 0.717) is 11.6 Å². The van der Waals surface area contributed by atoms with Gasteiger partial charge in [-0.3, -0.25) is 0 Å². The normalized spacial score (nSPS) is 15.1. The van der Waals surface area contributed by atoms with Crippen LogP contribution < -0.4 is 5.32 Å². The molecule has 19 heavy (non-hydrogen) atoms. The van der Waals surface area contributed by atoms with Gasteiger partial charge in [0.1, 0.15) is 0 Å². The summed E-state index contributed by atoms with van der Waals surface area (Å²) in [5, 5.41) is 3.21. The van der Waals surface area contributed by atoms with Crippen LogP contribution in [-0.2, 0) is 6.18 Å². The van der Waals surface area contributed by atoms with Gasteiger partial charge in [-0.2, -0.15) is 13.2 Å². The average Bonchev–Trinajstić information content (AvgIpc) is 2.37. The highest BCUT2D eigenvalue weighted by Gasteiger charge is 2.30. The molecule has 0 fully saturated rings. The topological polar surface area (TPSA) is 12.0 Å². The zero-order chi connectivity index (χ0) is 14.5. The molecule has 0 aliphatic rings. The maximum absolute atomic E-state index is 12.6. The van der Waals surface area contributed by atoms with E-state index >= 15 is 0 Å². The van der Waals surface area contributed by atoms with Gasteiger partial charge >= 0.3 is 6.18 Å². The van der Waals surface area contributed by atoms with Gasteiger partial charge in [0.15, 0.2) is 0 Å². The molecule has 0 saturated carbocycles. The SMILES string of the molecule is CCC(C)CC(CC)Nc1cccc(C(F)(F)F)c1. The molecule has 0 saturated heterocycles. The van der Waals surface area contributed by atoms with Gasteiger partial charge in [-0.1, -0.05) is 33.3 Å². The summed E-state index contributed by atoms with van der Waals surface area (Å²) in [5.41, 5.74) is -0.0547. The Morgan fingerprint density at radius 3 is 2.37 bits per heavy atom. The Kier molecular flexibility index (Phi) is 5.70. The largest absolute Gasteiger partial charge is 0.416 e. The molecule has 1 nitrogen and oxygen atoms in total. The summed E-state index contributed by atoms with van der Waals surface area (Å²) in [6.45, 7) is 6.34. The average molecular weight is 273 g/mol. The van der Waals surface area contributed by atoms with E-state index in [4.69, 9.17) is 0 Å². The second-order valence-electron chi connectivity index (χ2n) is 5.08. The highest BCUT2D eigenvalue weighted by Crippen LogP contribution is 2.31. The van der Waals surface area contributed by atoms with Crippen LogP contribution in [0.1, 0.15) is 45.6 Å². The Balaban J connectivity index is 2.75. The van der Waals surface area contributed by atoms with Gasteiger partial charge in [0.05, 0.1) is 5.56 Å². The zero-order valence-electron chi connectivity index (χ0n) is 11.7. The minimum Gasteiger partial charge on any atom is -0.382 e. The second kappa shape index (κ2) is 6.83. The second-order valence-corrected chi connectivity index (χ2v) is 5.08. The van der Waals surface area contributed by atoms with Gasteiger partial charge in [-0.25, -0.2) is 0 Å². The highest BCUT2D eigenvalue weighted by atomic mass is 19.4. The molecule has 1 aromatic rings. The summed E-state index contributed by atoms with van der Waals surface area (Å²) < 4.78 is 37.9. The predicted molar refractivity (Wildman–Crippen MR) is 73.2 cm³/mol. The fraction of sp³-hybridized carbons (Fsp3) is 0.600. The molecule has 0 bridgehead atoms. The van der Waals surface area contributed by atoms with Crippen LogP contribution in [-0.4, -0.2) is 6.04 Å². The molecule has 108 valence electrons. The first-order valence-corrected chi connectivity index (χ1v) is 6.80. The summed E-state index contributed by atoms with van der Waals surface area (Å²) in [7, 11) is 0. The molecule has 1 N–H and O–H groups in total. The van der Waals surface area contributed by atoms with Crippen molar-refractivity contribution >= 4 is 5.69 Å². The molecule has 0 amide bonds. The van der Waals surface area contributed by atoms with Crippen molar-refractivity contribution in [1.82, 2.24) is 0 Å². The molecule has 0 heterocycles. The summed E-state index contributed by atoms with van der Waals surface area (Å²) in [4.78, 5) is 0. The van der Waals surface area contributed by atoms with E-state index in [0.717, 1.165) is 25.3 Å². The van der Waals surface area contributed by atoms with Crippen LogP contribution in [0.15, 0.2) is 24.3 Å². The van der Waals surface area contributed by atoms with Gasteiger partial charge < -0.3 is 5.32 Å². The molecule has 0 aliphatic carbocycles. The summed E-state index contributed by atoms with van der Waals surface area (Å²) in [6, 6.07) is 5.63. The number of anilines is 1. The van der Waals surface area contributed by atoms with Gasteiger partial charge in [0.2, 0.25) is 0 Å². The van der Waals surface area contributed by atoms with Crippen molar-refractivity contribution in [1.29, 1.82) is 0 Å². The lowest BCUT2D eigenvalue weighted by Crippen LogP contribution is -2.21. The van der Waals surface area contributed by atoms with Crippen LogP contribution in [0.4, 0.5) is 18.9 Å². The highest BCUT2D eigenvalue weighted by molar-refractivity contribution is 5.47. The number of benzene rings is 1. The Labute approximate surface area is 113 Å². The molecule has 1 rings (SSSR count). The van der Waals surface area contributed by atoms with Crippen molar-refractivity contribution in [2.24, 2.45) is 5.92 Å². The Morgan fingerprint density at radius 2 is 1.84 bits per heavy atom. The van der Waals surface area contributed by atoms with Crippen molar-refractivity contribution < 1.29 is 13.2 Å². The van der Waals surface area contributed by atoms with Crippen molar-refractivity contribution in [3.05, 3.63) is 29.8 Å². The van der Waals surface area contributed by atoms with E-state index in [9.17, 15) is 13.2 Å². The monoisotopic (exact) mass is 273 g/mol. The first-order valence-electron chi connectivity index (χ1n) is 6.80. The lowest BCUT2D eigenvalue weighted by Gasteiger charge is -2.22. The molecule has 0 aromatic heterocycles. The summed E-state index contributed by atoms with van der Waals surface area (Å²) >= 11 is 0. The number of halogens is 3. The Hall–Kier alpha value is -1.19. The Bertz CT molecular complexity index is 387. The quantitative estimate of drug-likeness (QED) is 0.738. The zero-order valence-corrected chi connectivity index (χ0v) is 11.7. The number of nitrogens with one attached hydrogen (secondary N) is 1. The molecule has 0 radical (unpaired) electrons. The third kappa shape index (κ3) is 5.13. The number of hydrogen-bond donors (Lipinski definition) is 1. The van der Waals surface area contributed by atoms with Crippen LogP contribution >= 0.6 is 0 Å². The van der Waals surface area contributed by atoms with E-state index in [1.807, 2.05) is 6.92 Å². The van der Waals surface area contributed by atoms with Crippen molar-refractivity contribution in [3.63, 3.8) is 0 Å². The minimum atomic E-state index is -4.28. The van der Waals surface area contributed by atoms with Gasteiger partial charge in [0, 0.05) is 11.7 Å². The maximum atomic E-state index is 12.6. The molecular formula is C15H22F3N. The molecule has 0 aliphatic heterocycles. The van der Waals surface area contributed by atoms with E-state index < -0.39 is 11.7 Å². The van der Waals surface area contributed by atoms with Crippen molar-refractivity contribution in [2.45, 2.75) is 52.3 Å². The number of hydrogen-bond acceptors (Lipinski definition) is 1. The summed E-state index contributed by atoms with van der Waals surface area (Å²) in [5.74, 6) is 0.572. The maximum Gasteiger partial charge on any atom is 0.416 e. The lowest BCUT2D eigenvalue weighted by molar-refractivity contribution is -0.137. The van der Waals surface area contributed by atoms with Gasteiger partial charge in [-0.05, 0) is 37.0 Å². The standard InChI is InChI=1S/C15H22F3N/c1-4-11(3)9-13(5-2)19-14-8-6-7-12(10-14)15(16,17)18/h6-8,10-11,13,19H,4-5,9H2,1-3H3. The molecule has 2 atom stereocenters. The van der Waals surface area contributed by atoms with Crippen LogP contribution in [0.2, 0.25) is 0 Å². The van der Waals surface area contributed by atoms with Crippen LogP contribution in [0.3, 0.4) is 0 Å². The molecular weight excluding hydrogens is 251 g/mol. The molecule has 0 spiro atoms. The van der Waals surface area contributed by atoms with Crippen molar-refractivity contribution in [2.75, 3.05) is 5.32 Å². The molecule has 4 heteroatoms. The first kappa shape index (κ1) is 15.9. The third-order valence-electron chi connectivity index (χ3n) is 3.44.